The van der Waals surface area contributed by atoms with E-state index in [9.17, 15) is 13.5 Å². The monoisotopic (exact) mass is 354 g/mol. The van der Waals surface area contributed by atoms with Crippen molar-refractivity contribution in [2.24, 2.45) is 0 Å². The number of likely N-dealkylation sites (N-methyl/N-ethyl adjacent to an activating group) is 1. The van der Waals surface area contributed by atoms with Gasteiger partial charge in [0, 0.05) is 25.7 Å². The second-order valence-electron chi connectivity index (χ2n) is 6.60. The highest BCUT2D eigenvalue weighted by molar-refractivity contribution is 7.89. The molecule has 0 radical (unpaired) electrons. The Labute approximate surface area is 144 Å². The van der Waals surface area contributed by atoms with Crippen LogP contribution < -0.4 is 0 Å². The molecule has 1 saturated carbocycles. The first-order chi connectivity index (χ1) is 11.5. The molecule has 0 spiro atoms. The van der Waals surface area contributed by atoms with Crippen molar-refractivity contribution in [3.8, 4) is 0 Å². The molecule has 0 unspecified atom stereocenters. The third-order valence-electron chi connectivity index (χ3n) is 4.99. The minimum absolute atomic E-state index is 0.101. The largest absolute Gasteiger partial charge is 0.391 e. The highest BCUT2D eigenvalue weighted by Crippen LogP contribution is 2.27. The molecule has 3 rings (SSSR count). The molecule has 134 valence electrons. The molecule has 24 heavy (non-hydrogen) atoms. The number of hydrogen-bond donors (Lipinski definition) is 1. The zero-order chi connectivity index (χ0) is 17.2. The topological polar surface area (TPSA) is 70.1 Å². The average molecular weight is 354 g/mol. The smallest absolute Gasteiger partial charge is 0.243 e. The minimum atomic E-state index is -3.51. The van der Waals surface area contributed by atoms with Crippen LogP contribution in [0, 0.1) is 0 Å². The summed E-state index contributed by atoms with van der Waals surface area (Å²) in [5.41, 5.74) is 0.783. The second kappa shape index (κ2) is 7.49. The molecule has 1 aromatic carbocycles. The lowest BCUT2D eigenvalue weighted by molar-refractivity contribution is 0.0728. The summed E-state index contributed by atoms with van der Waals surface area (Å²) in [6.07, 6.45) is 2.47. The van der Waals surface area contributed by atoms with Crippen LogP contribution in [0.5, 0.6) is 0 Å². The first kappa shape index (κ1) is 17.8. The molecular weight excluding hydrogens is 328 g/mol. The Morgan fingerprint density at radius 2 is 1.96 bits per heavy atom. The van der Waals surface area contributed by atoms with Gasteiger partial charge in [0.05, 0.1) is 24.2 Å². The van der Waals surface area contributed by atoms with Crippen molar-refractivity contribution in [2.45, 2.75) is 42.8 Å². The van der Waals surface area contributed by atoms with Gasteiger partial charge in [-0.15, -0.1) is 0 Å². The summed E-state index contributed by atoms with van der Waals surface area (Å²) in [5.74, 6) is 0. The van der Waals surface area contributed by atoms with Gasteiger partial charge >= 0.3 is 0 Å². The Hall–Kier alpha value is -0.990. The van der Waals surface area contributed by atoms with E-state index < -0.39 is 10.0 Å². The predicted molar refractivity (Wildman–Crippen MR) is 91.1 cm³/mol. The van der Waals surface area contributed by atoms with Crippen molar-refractivity contribution in [2.75, 3.05) is 33.4 Å². The van der Waals surface area contributed by atoms with Gasteiger partial charge in [0.2, 0.25) is 10.0 Å². The molecule has 2 atom stereocenters. The quantitative estimate of drug-likeness (QED) is 0.856. The number of rotatable bonds is 5. The Kier molecular flexibility index (Phi) is 5.56. The third kappa shape index (κ3) is 3.65. The molecule has 1 aliphatic carbocycles. The summed E-state index contributed by atoms with van der Waals surface area (Å²) in [6.45, 7) is 2.19. The van der Waals surface area contributed by atoms with Gasteiger partial charge in [-0.25, -0.2) is 8.42 Å². The summed E-state index contributed by atoms with van der Waals surface area (Å²) >= 11 is 0. The number of morpholine rings is 1. The number of ether oxygens (including phenoxy) is 1. The first-order valence-corrected chi connectivity index (χ1v) is 9.98. The van der Waals surface area contributed by atoms with Gasteiger partial charge < -0.3 is 9.84 Å². The molecular formula is C17H26N2O4S. The third-order valence-corrected chi connectivity index (χ3v) is 6.99. The fourth-order valence-electron chi connectivity index (χ4n) is 3.63. The molecule has 1 N–H and O–H groups in total. The van der Waals surface area contributed by atoms with Crippen molar-refractivity contribution in [3.63, 3.8) is 0 Å². The van der Waals surface area contributed by atoms with Crippen molar-refractivity contribution in [3.05, 3.63) is 29.8 Å². The molecule has 0 bridgehead atoms. The van der Waals surface area contributed by atoms with E-state index in [1.165, 1.54) is 4.31 Å². The molecule has 1 saturated heterocycles. The number of benzene rings is 1. The van der Waals surface area contributed by atoms with Gasteiger partial charge in [-0.2, -0.15) is 4.31 Å². The maximum atomic E-state index is 13.0. The SMILES string of the molecule is CN(Cc1ccccc1S(=O)(=O)N1CCOCC1)[C@@H]1CCC[C@H]1O. The highest BCUT2D eigenvalue weighted by atomic mass is 32.2. The van der Waals surface area contributed by atoms with Crippen LogP contribution in [0.3, 0.4) is 0 Å². The lowest BCUT2D eigenvalue weighted by Gasteiger charge is -2.29. The van der Waals surface area contributed by atoms with Crippen LogP contribution in [0.25, 0.3) is 0 Å². The Balaban J connectivity index is 1.82. The summed E-state index contributed by atoms with van der Waals surface area (Å²) in [5, 5.41) is 10.1. The van der Waals surface area contributed by atoms with Gasteiger partial charge in [0.25, 0.3) is 0 Å². The maximum absolute atomic E-state index is 13.0. The second-order valence-corrected chi connectivity index (χ2v) is 8.51. The van der Waals surface area contributed by atoms with Crippen LogP contribution in [0.4, 0.5) is 0 Å². The normalized spacial score (nSPS) is 26.1. The number of nitrogens with zero attached hydrogens (tertiary/aromatic N) is 2. The summed E-state index contributed by atoms with van der Waals surface area (Å²) in [7, 11) is -1.56. The maximum Gasteiger partial charge on any atom is 0.243 e. The molecule has 2 fully saturated rings. The molecule has 1 heterocycles. The van der Waals surface area contributed by atoms with Crippen molar-refractivity contribution in [1.29, 1.82) is 0 Å². The average Bonchev–Trinajstić information content (AvgIpc) is 3.02. The number of sulfonamides is 1. The number of aliphatic hydroxyl groups excluding tert-OH is 1. The molecule has 0 aromatic heterocycles. The van der Waals surface area contributed by atoms with Crippen molar-refractivity contribution in [1.82, 2.24) is 9.21 Å². The number of aliphatic hydroxyl groups is 1. The van der Waals surface area contributed by atoms with Gasteiger partial charge in [-0.3, -0.25) is 4.90 Å². The standard InChI is InChI=1S/C17H26N2O4S/c1-18(15-6-4-7-16(15)20)13-14-5-2-3-8-17(14)24(21,22)19-9-11-23-12-10-19/h2-3,5,8,15-16,20H,4,6-7,9-13H2,1H3/t15-,16-/m1/s1. The predicted octanol–water partition coefficient (Wildman–Crippen LogP) is 1.05. The molecule has 1 aromatic rings. The van der Waals surface area contributed by atoms with Gasteiger partial charge in [0.1, 0.15) is 0 Å². The Bertz CT molecular complexity index is 658. The highest BCUT2D eigenvalue weighted by Gasteiger charge is 2.31. The van der Waals surface area contributed by atoms with Crippen LogP contribution in [0.2, 0.25) is 0 Å². The van der Waals surface area contributed by atoms with Crippen molar-refractivity contribution < 1.29 is 18.3 Å². The van der Waals surface area contributed by atoms with Crippen LogP contribution >= 0.6 is 0 Å². The molecule has 1 aliphatic heterocycles. The zero-order valence-corrected chi connectivity index (χ0v) is 14.9. The van der Waals surface area contributed by atoms with E-state index in [0.29, 0.717) is 37.7 Å². The lowest BCUT2D eigenvalue weighted by Crippen LogP contribution is -2.41. The van der Waals surface area contributed by atoms with Crippen LogP contribution in [0.1, 0.15) is 24.8 Å². The van der Waals surface area contributed by atoms with E-state index in [0.717, 1.165) is 24.8 Å². The zero-order valence-electron chi connectivity index (χ0n) is 14.1. The van der Waals surface area contributed by atoms with Crippen LogP contribution in [-0.2, 0) is 21.3 Å². The minimum Gasteiger partial charge on any atom is -0.391 e. The number of hydrogen-bond acceptors (Lipinski definition) is 5. The summed E-state index contributed by atoms with van der Waals surface area (Å²) < 4.78 is 32.7. The van der Waals surface area contributed by atoms with E-state index in [2.05, 4.69) is 4.90 Å². The van der Waals surface area contributed by atoms with E-state index in [-0.39, 0.29) is 12.1 Å². The first-order valence-electron chi connectivity index (χ1n) is 8.54. The lowest BCUT2D eigenvalue weighted by atomic mass is 10.1. The molecule has 7 heteroatoms. The van der Waals surface area contributed by atoms with Gasteiger partial charge in [-0.05, 0) is 37.9 Å². The molecule has 2 aliphatic rings. The van der Waals surface area contributed by atoms with Crippen molar-refractivity contribution >= 4 is 10.0 Å². The Morgan fingerprint density at radius 1 is 1.25 bits per heavy atom. The fourth-order valence-corrected chi connectivity index (χ4v) is 5.26. The van der Waals surface area contributed by atoms with Gasteiger partial charge in [0.15, 0.2) is 0 Å². The van der Waals surface area contributed by atoms with E-state index in [1.807, 2.05) is 19.2 Å². The van der Waals surface area contributed by atoms with E-state index in [4.69, 9.17) is 4.74 Å². The van der Waals surface area contributed by atoms with E-state index >= 15 is 0 Å². The van der Waals surface area contributed by atoms with Gasteiger partial charge in [-0.1, -0.05) is 18.2 Å². The van der Waals surface area contributed by atoms with E-state index in [1.54, 1.807) is 12.1 Å². The van der Waals surface area contributed by atoms with Crippen LogP contribution in [-0.4, -0.2) is 68.2 Å². The summed E-state index contributed by atoms with van der Waals surface area (Å²) in [6, 6.07) is 7.28. The summed E-state index contributed by atoms with van der Waals surface area (Å²) in [4.78, 5) is 2.44. The van der Waals surface area contributed by atoms with Crippen LogP contribution in [0.15, 0.2) is 29.2 Å². The Morgan fingerprint density at radius 3 is 2.62 bits per heavy atom. The fraction of sp³-hybridized carbons (Fsp3) is 0.647. The molecule has 0 amide bonds. The molecule has 6 nitrogen and oxygen atoms in total.